The molecular formula is C45H53N7O4Si. The van der Waals surface area contributed by atoms with E-state index in [-0.39, 0.29) is 10.9 Å². The molecule has 4 aromatic carbocycles. The van der Waals surface area contributed by atoms with Gasteiger partial charge in [0.25, 0.3) is 8.32 Å². The molecule has 0 atom stereocenters. The number of carbonyl (C=O) groups excluding carboxylic acids is 1. The van der Waals surface area contributed by atoms with Crippen molar-refractivity contribution < 1.29 is 18.7 Å². The van der Waals surface area contributed by atoms with Gasteiger partial charge in [-0.15, -0.1) is 0 Å². The SMILES string of the molecule is C=CC(=O)Nc1cc(Nc2nccc(-n3ccc4cc(OCCO[Si](c5ccccc5)(c5ccccc5)C(C)(C)C)ccc43)n2)c(OC)cc1N(C)CCN(C)C. The lowest BCUT2D eigenvalue weighted by atomic mass is 10.2. The Morgan fingerprint density at radius 1 is 0.877 bits per heavy atom. The number of benzene rings is 4. The Bertz CT molecular complexity index is 2250. The van der Waals surface area contributed by atoms with Crippen LogP contribution < -0.4 is 35.4 Å². The average Bonchev–Trinajstić information content (AvgIpc) is 3.64. The van der Waals surface area contributed by atoms with Crippen LogP contribution in [-0.2, 0) is 9.22 Å². The number of carbonyl (C=O) groups is 1. The lowest BCUT2D eigenvalue weighted by Crippen LogP contribution is -2.66. The third kappa shape index (κ3) is 9.20. The molecule has 11 nitrogen and oxygen atoms in total. The van der Waals surface area contributed by atoms with Crippen LogP contribution >= 0.6 is 0 Å². The van der Waals surface area contributed by atoms with Gasteiger partial charge >= 0.3 is 0 Å². The second-order valence-corrected chi connectivity index (χ2v) is 19.4. The number of ether oxygens (including phenoxy) is 2. The molecule has 0 spiro atoms. The van der Waals surface area contributed by atoms with Crippen molar-refractivity contribution in [3.8, 4) is 17.3 Å². The van der Waals surface area contributed by atoms with Crippen LogP contribution in [0.3, 0.4) is 0 Å². The zero-order chi connectivity index (χ0) is 40.6. The predicted octanol–water partition coefficient (Wildman–Crippen LogP) is 7.25. The Morgan fingerprint density at radius 3 is 2.21 bits per heavy atom. The number of anilines is 4. The van der Waals surface area contributed by atoms with Crippen molar-refractivity contribution in [1.29, 1.82) is 0 Å². The molecule has 1 amide bonds. The summed E-state index contributed by atoms with van der Waals surface area (Å²) in [6.45, 7) is 12.9. The first-order valence-electron chi connectivity index (χ1n) is 19.0. The van der Waals surface area contributed by atoms with Crippen LogP contribution in [0.25, 0.3) is 16.7 Å². The first kappa shape index (κ1) is 40.7. The Kier molecular flexibility index (Phi) is 12.8. The summed E-state index contributed by atoms with van der Waals surface area (Å²) in [5.74, 6) is 2.06. The highest BCUT2D eigenvalue weighted by Crippen LogP contribution is 2.39. The van der Waals surface area contributed by atoms with Gasteiger partial charge in [0.15, 0.2) is 0 Å². The average molecular weight is 784 g/mol. The lowest BCUT2D eigenvalue weighted by molar-refractivity contribution is -0.111. The van der Waals surface area contributed by atoms with Crippen molar-refractivity contribution in [1.82, 2.24) is 19.4 Å². The summed E-state index contributed by atoms with van der Waals surface area (Å²) in [5, 5.41) is 9.63. The monoisotopic (exact) mass is 783 g/mol. The fraction of sp³-hybridized carbons (Fsp3) is 0.267. The molecule has 0 radical (unpaired) electrons. The van der Waals surface area contributed by atoms with Gasteiger partial charge in [-0.2, -0.15) is 4.98 Å². The van der Waals surface area contributed by atoms with Crippen LogP contribution in [0, 0.1) is 0 Å². The molecule has 2 heterocycles. The Morgan fingerprint density at radius 2 is 1.58 bits per heavy atom. The Balaban J connectivity index is 1.19. The topological polar surface area (TPSA) is 106 Å². The second kappa shape index (κ2) is 17.9. The van der Waals surface area contributed by atoms with Crippen LogP contribution in [0.4, 0.5) is 23.0 Å². The molecule has 6 rings (SSSR count). The number of aromatic nitrogens is 3. The summed E-state index contributed by atoms with van der Waals surface area (Å²) in [7, 11) is 4.97. The third-order valence-corrected chi connectivity index (χ3v) is 15.0. The van der Waals surface area contributed by atoms with Gasteiger partial charge in [0.1, 0.15) is 23.9 Å². The molecule has 0 bridgehead atoms. The van der Waals surface area contributed by atoms with Crippen LogP contribution in [0.5, 0.6) is 11.5 Å². The van der Waals surface area contributed by atoms with E-state index >= 15 is 0 Å². The minimum Gasteiger partial charge on any atom is -0.494 e. The van der Waals surface area contributed by atoms with Gasteiger partial charge in [0.2, 0.25) is 11.9 Å². The van der Waals surface area contributed by atoms with E-state index in [0.717, 1.165) is 35.4 Å². The van der Waals surface area contributed by atoms with E-state index in [4.69, 9.17) is 18.9 Å². The van der Waals surface area contributed by atoms with Crippen LogP contribution in [0.15, 0.2) is 128 Å². The van der Waals surface area contributed by atoms with Gasteiger partial charge in [-0.25, -0.2) is 4.98 Å². The molecule has 0 saturated heterocycles. The van der Waals surface area contributed by atoms with Crippen molar-refractivity contribution >= 4 is 58.5 Å². The molecule has 0 unspecified atom stereocenters. The fourth-order valence-electron chi connectivity index (χ4n) is 7.10. The van der Waals surface area contributed by atoms with Gasteiger partial charge in [0.05, 0.1) is 36.3 Å². The first-order chi connectivity index (χ1) is 27.4. The number of methoxy groups -OCH3 is 1. The van der Waals surface area contributed by atoms with Gasteiger partial charge in [0, 0.05) is 44.0 Å². The summed E-state index contributed by atoms with van der Waals surface area (Å²) >= 11 is 0. The molecule has 0 aliphatic heterocycles. The molecule has 2 aromatic heterocycles. The minimum absolute atomic E-state index is 0.112. The summed E-state index contributed by atoms with van der Waals surface area (Å²) < 4.78 is 21.1. The Labute approximate surface area is 337 Å². The van der Waals surface area contributed by atoms with E-state index in [2.05, 4.69) is 113 Å². The minimum atomic E-state index is -2.66. The molecule has 0 saturated carbocycles. The molecule has 12 heteroatoms. The Hall–Kier alpha value is -5.95. The quantitative estimate of drug-likeness (QED) is 0.0563. The molecule has 296 valence electrons. The van der Waals surface area contributed by atoms with Crippen molar-refractivity contribution in [3.63, 3.8) is 0 Å². The first-order valence-corrected chi connectivity index (χ1v) is 20.9. The smallest absolute Gasteiger partial charge is 0.261 e. The van der Waals surface area contributed by atoms with Gasteiger partial charge in [-0.1, -0.05) is 88.0 Å². The summed E-state index contributed by atoms with van der Waals surface area (Å²) in [6.07, 6.45) is 4.93. The molecule has 0 fully saturated rings. The molecule has 0 aliphatic carbocycles. The van der Waals surface area contributed by atoms with E-state index in [0.29, 0.717) is 42.1 Å². The van der Waals surface area contributed by atoms with Crippen LogP contribution in [0.1, 0.15) is 20.8 Å². The molecule has 2 N–H and O–H groups in total. The molecule has 6 aromatic rings. The highest BCUT2D eigenvalue weighted by atomic mass is 28.4. The van der Waals surface area contributed by atoms with Gasteiger partial charge in [-0.05, 0) is 72.0 Å². The molecular weight excluding hydrogens is 731 g/mol. The highest BCUT2D eigenvalue weighted by molar-refractivity contribution is 6.99. The maximum absolute atomic E-state index is 12.4. The third-order valence-electron chi connectivity index (χ3n) is 9.94. The maximum atomic E-state index is 12.4. The zero-order valence-electron chi connectivity index (χ0n) is 34.0. The zero-order valence-corrected chi connectivity index (χ0v) is 35.0. The van der Waals surface area contributed by atoms with Crippen molar-refractivity contribution in [2.75, 3.05) is 70.1 Å². The molecule has 0 aliphatic rings. The van der Waals surface area contributed by atoms with Gasteiger partial charge in [-0.3, -0.25) is 4.79 Å². The summed E-state index contributed by atoms with van der Waals surface area (Å²) in [4.78, 5) is 26.0. The van der Waals surface area contributed by atoms with E-state index < -0.39 is 8.32 Å². The lowest BCUT2D eigenvalue weighted by Gasteiger charge is -2.43. The normalized spacial score (nSPS) is 11.7. The summed E-state index contributed by atoms with van der Waals surface area (Å²) in [5.41, 5.74) is 2.96. The van der Waals surface area contributed by atoms with Crippen LogP contribution in [-0.4, -0.2) is 88.2 Å². The number of hydrogen-bond acceptors (Lipinski definition) is 9. The standard InChI is InChI=1S/C45H53N7O4Si/c1-9-43(53)47-37-31-38(41(54-8)32-40(37)51(7)27-26-50(5)6)48-44-46-24-22-42(49-44)52-25-23-33-30-34(20-21-39(33)52)55-28-29-56-57(45(2,3)4,35-16-12-10-13-17-35)36-18-14-11-15-19-36/h9-25,30-32H,1,26-29H2,2-8H3,(H,47,53)(H,46,48,49). The number of nitrogens with zero attached hydrogens (tertiary/aromatic N) is 5. The van der Waals surface area contributed by atoms with E-state index in [1.165, 1.54) is 16.4 Å². The van der Waals surface area contributed by atoms with E-state index in [1.807, 2.05) is 74.4 Å². The van der Waals surface area contributed by atoms with Gasteiger partial charge < -0.3 is 38.9 Å². The number of nitrogens with one attached hydrogen (secondary N) is 2. The number of fused-ring (bicyclic) bond motifs is 1. The summed E-state index contributed by atoms with van der Waals surface area (Å²) in [6, 6.07) is 34.9. The second-order valence-electron chi connectivity index (χ2n) is 15.1. The van der Waals surface area contributed by atoms with E-state index in [1.54, 1.807) is 13.3 Å². The highest BCUT2D eigenvalue weighted by Gasteiger charge is 2.50. The van der Waals surface area contributed by atoms with Crippen molar-refractivity contribution in [3.05, 3.63) is 128 Å². The fourth-order valence-corrected chi connectivity index (χ4v) is 11.6. The maximum Gasteiger partial charge on any atom is 0.261 e. The largest absolute Gasteiger partial charge is 0.494 e. The van der Waals surface area contributed by atoms with Crippen LogP contribution in [0.2, 0.25) is 5.04 Å². The number of likely N-dealkylation sites (N-methyl/N-ethyl adjacent to an activating group) is 2. The van der Waals surface area contributed by atoms with Crippen molar-refractivity contribution in [2.24, 2.45) is 0 Å². The molecule has 57 heavy (non-hydrogen) atoms. The predicted molar refractivity (Wildman–Crippen MR) is 235 cm³/mol. The number of hydrogen-bond donors (Lipinski definition) is 2. The number of rotatable bonds is 17. The van der Waals surface area contributed by atoms with E-state index in [9.17, 15) is 4.79 Å². The number of amides is 1. The van der Waals surface area contributed by atoms with Crippen molar-refractivity contribution in [2.45, 2.75) is 25.8 Å².